The van der Waals surface area contributed by atoms with E-state index in [1.165, 1.54) is 25.7 Å². The van der Waals surface area contributed by atoms with E-state index in [2.05, 4.69) is 28.2 Å². The van der Waals surface area contributed by atoms with Crippen molar-refractivity contribution in [3.63, 3.8) is 0 Å². The molecule has 0 radical (unpaired) electrons. The third-order valence-corrected chi connectivity index (χ3v) is 4.37. The Balaban J connectivity index is 1.97. The zero-order valence-electron chi connectivity index (χ0n) is 11.1. The molecule has 1 aliphatic rings. The van der Waals surface area contributed by atoms with Crippen LogP contribution in [0.25, 0.3) is 0 Å². The van der Waals surface area contributed by atoms with Crippen molar-refractivity contribution in [1.82, 2.24) is 0 Å². The van der Waals surface area contributed by atoms with Crippen LogP contribution in [0.3, 0.4) is 0 Å². The summed E-state index contributed by atoms with van der Waals surface area (Å²) in [5.74, 6) is 1.47. The van der Waals surface area contributed by atoms with Crippen LogP contribution < -0.4 is 5.32 Å². The first-order chi connectivity index (χ1) is 9.06. The van der Waals surface area contributed by atoms with Crippen molar-refractivity contribution < 1.29 is 4.92 Å². The molecule has 4 nitrogen and oxygen atoms in total. The molecule has 0 aromatic heterocycles. The van der Waals surface area contributed by atoms with Crippen LogP contribution in [0.2, 0.25) is 0 Å². The summed E-state index contributed by atoms with van der Waals surface area (Å²) in [5.41, 5.74) is 0.755. The second kappa shape index (κ2) is 6.37. The zero-order valence-corrected chi connectivity index (χ0v) is 12.6. The SMILES string of the molecule is CC1CCC(CNc2ccc(Br)cc2[N+](=O)[O-])CC1. The van der Waals surface area contributed by atoms with Crippen molar-refractivity contribution in [1.29, 1.82) is 0 Å². The molecule has 1 N–H and O–H groups in total. The molecule has 1 aromatic carbocycles. The molecule has 1 saturated carbocycles. The molecule has 5 heteroatoms. The van der Waals surface area contributed by atoms with Crippen molar-refractivity contribution in [2.24, 2.45) is 11.8 Å². The topological polar surface area (TPSA) is 55.2 Å². The number of rotatable bonds is 4. The van der Waals surface area contributed by atoms with Gasteiger partial charge in [0.2, 0.25) is 0 Å². The monoisotopic (exact) mass is 326 g/mol. The fourth-order valence-corrected chi connectivity index (χ4v) is 2.94. The van der Waals surface area contributed by atoms with Gasteiger partial charge in [0.05, 0.1) is 4.92 Å². The highest BCUT2D eigenvalue weighted by Crippen LogP contribution is 2.31. The van der Waals surface area contributed by atoms with Gasteiger partial charge in [0.1, 0.15) is 5.69 Å². The molecular formula is C14H19BrN2O2. The van der Waals surface area contributed by atoms with Gasteiger partial charge in [0, 0.05) is 17.1 Å². The normalized spacial score (nSPS) is 23.1. The lowest BCUT2D eigenvalue weighted by Gasteiger charge is -2.26. The molecule has 1 fully saturated rings. The Bertz CT molecular complexity index is 457. The van der Waals surface area contributed by atoms with Gasteiger partial charge in [-0.2, -0.15) is 0 Å². The average molecular weight is 327 g/mol. The first-order valence-corrected chi connectivity index (χ1v) is 7.53. The van der Waals surface area contributed by atoms with Crippen LogP contribution in [0.1, 0.15) is 32.6 Å². The largest absolute Gasteiger partial charge is 0.379 e. The summed E-state index contributed by atoms with van der Waals surface area (Å²) in [6.45, 7) is 3.12. The quantitative estimate of drug-likeness (QED) is 0.650. The van der Waals surface area contributed by atoms with E-state index in [1.54, 1.807) is 12.1 Å². The highest BCUT2D eigenvalue weighted by Gasteiger charge is 2.19. The smallest absolute Gasteiger partial charge is 0.293 e. The molecule has 104 valence electrons. The van der Waals surface area contributed by atoms with Crippen LogP contribution in [0, 0.1) is 22.0 Å². The Morgan fingerprint density at radius 3 is 2.68 bits per heavy atom. The maximum Gasteiger partial charge on any atom is 0.293 e. The van der Waals surface area contributed by atoms with Crippen LogP contribution in [-0.4, -0.2) is 11.5 Å². The lowest BCUT2D eigenvalue weighted by atomic mass is 9.83. The Morgan fingerprint density at radius 2 is 2.05 bits per heavy atom. The number of halogens is 1. The molecule has 0 heterocycles. The molecule has 0 unspecified atom stereocenters. The van der Waals surface area contributed by atoms with Crippen LogP contribution in [-0.2, 0) is 0 Å². The highest BCUT2D eigenvalue weighted by molar-refractivity contribution is 9.10. The van der Waals surface area contributed by atoms with E-state index in [9.17, 15) is 10.1 Å². The first-order valence-electron chi connectivity index (χ1n) is 6.74. The maximum atomic E-state index is 11.0. The van der Waals surface area contributed by atoms with Crippen LogP contribution in [0.4, 0.5) is 11.4 Å². The van der Waals surface area contributed by atoms with Gasteiger partial charge >= 0.3 is 0 Å². The van der Waals surface area contributed by atoms with Gasteiger partial charge in [-0.3, -0.25) is 10.1 Å². The summed E-state index contributed by atoms with van der Waals surface area (Å²) in [6, 6.07) is 5.15. The molecule has 1 aromatic rings. The fourth-order valence-electron chi connectivity index (χ4n) is 2.59. The number of nitrogens with zero attached hydrogens (tertiary/aromatic N) is 1. The Kier molecular flexibility index (Phi) is 4.80. The van der Waals surface area contributed by atoms with Gasteiger partial charge in [-0.05, 0) is 36.8 Å². The van der Waals surface area contributed by atoms with Crippen LogP contribution in [0.15, 0.2) is 22.7 Å². The third-order valence-electron chi connectivity index (χ3n) is 3.87. The molecule has 19 heavy (non-hydrogen) atoms. The maximum absolute atomic E-state index is 11.0. The number of nitro benzene ring substituents is 1. The van der Waals surface area contributed by atoms with Crippen LogP contribution >= 0.6 is 15.9 Å². The molecular weight excluding hydrogens is 308 g/mol. The van der Waals surface area contributed by atoms with E-state index in [4.69, 9.17) is 0 Å². The minimum Gasteiger partial charge on any atom is -0.379 e. The van der Waals surface area contributed by atoms with E-state index < -0.39 is 0 Å². The number of hydrogen-bond donors (Lipinski definition) is 1. The lowest BCUT2D eigenvalue weighted by Crippen LogP contribution is -2.20. The van der Waals surface area contributed by atoms with E-state index in [1.807, 2.05) is 6.07 Å². The van der Waals surface area contributed by atoms with Crippen molar-refractivity contribution >= 4 is 27.3 Å². The first kappa shape index (κ1) is 14.3. The van der Waals surface area contributed by atoms with Gasteiger partial charge in [0.15, 0.2) is 0 Å². The molecule has 0 bridgehead atoms. The van der Waals surface area contributed by atoms with Crippen LogP contribution in [0.5, 0.6) is 0 Å². The van der Waals surface area contributed by atoms with Gasteiger partial charge in [0.25, 0.3) is 5.69 Å². The Morgan fingerprint density at radius 1 is 1.37 bits per heavy atom. The second-order valence-electron chi connectivity index (χ2n) is 5.43. The van der Waals surface area contributed by atoms with E-state index >= 15 is 0 Å². The van der Waals surface area contributed by atoms with Crippen molar-refractivity contribution in [2.45, 2.75) is 32.6 Å². The van der Waals surface area contributed by atoms with Gasteiger partial charge < -0.3 is 5.32 Å². The molecule has 0 spiro atoms. The predicted octanol–water partition coefficient (Wildman–Crippen LogP) is 4.60. The van der Waals surface area contributed by atoms with E-state index in [0.29, 0.717) is 11.6 Å². The van der Waals surface area contributed by atoms with Gasteiger partial charge in [-0.25, -0.2) is 0 Å². The Labute approximate surface area is 121 Å². The van der Waals surface area contributed by atoms with Gasteiger partial charge in [-0.15, -0.1) is 0 Å². The number of benzene rings is 1. The predicted molar refractivity (Wildman–Crippen MR) is 80.4 cm³/mol. The molecule has 1 aliphatic carbocycles. The van der Waals surface area contributed by atoms with E-state index in [0.717, 1.165) is 16.9 Å². The van der Waals surface area contributed by atoms with Crippen molar-refractivity contribution in [3.05, 3.63) is 32.8 Å². The number of nitro groups is 1. The molecule has 0 amide bonds. The zero-order chi connectivity index (χ0) is 13.8. The average Bonchev–Trinajstić information content (AvgIpc) is 2.39. The Hall–Kier alpha value is -1.10. The number of anilines is 1. The summed E-state index contributed by atoms with van der Waals surface area (Å²) >= 11 is 3.27. The highest BCUT2D eigenvalue weighted by atomic mass is 79.9. The van der Waals surface area contributed by atoms with Crippen molar-refractivity contribution in [3.8, 4) is 0 Å². The summed E-state index contributed by atoms with van der Waals surface area (Å²) in [6.07, 6.45) is 4.99. The second-order valence-corrected chi connectivity index (χ2v) is 6.34. The van der Waals surface area contributed by atoms with Gasteiger partial charge in [-0.1, -0.05) is 35.7 Å². The molecule has 0 atom stereocenters. The number of hydrogen-bond acceptors (Lipinski definition) is 3. The summed E-state index contributed by atoms with van der Waals surface area (Å²) in [5, 5.41) is 14.3. The third kappa shape index (κ3) is 3.93. The minimum absolute atomic E-state index is 0.138. The molecule has 0 saturated heterocycles. The number of nitrogens with one attached hydrogen (secondary N) is 1. The summed E-state index contributed by atoms with van der Waals surface area (Å²) in [7, 11) is 0. The lowest BCUT2D eigenvalue weighted by molar-refractivity contribution is -0.384. The minimum atomic E-state index is -0.337. The molecule has 2 rings (SSSR count). The standard InChI is InChI=1S/C14H19BrN2O2/c1-10-2-4-11(5-3-10)9-16-13-7-6-12(15)8-14(13)17(18)19/h6-8,10-11,16H,2-5,9H2,1H3. The van der Waals surface area contributed by atoms with E-state index in [-0.39, 0.29) is 10.6 Å². The summed E-state index contributed by atoms with van der Waals surface area (Å²) in [4.78, 5) is 10.7. The van der Waals surface area contributed by atoms with Crippen molar-refractivity contribution in [2.75, 3.05) is 11.9 Å². The molecule has 0 aliphatic heterocycles. The summed E-state index contributed by atoms with van der Waals surface area (Å²) < 4.78 is 0.733. The fraction of sp³-hybridized carbons (Fsp3) is 0.571.